The number of hydrogen-bond donors (Lipinski definition) is 0. The van der Waals surface area contributed by atoms with Crippen molar-refractivity contribution in [3.8, 4) is 0 Å². The molecular formula is C34H29F6N3S2. The summed E-state index contributed by atoms with van der Waals surface area (Å²) in [4.78, 5) is 12.1. The monoisotopic (exact) mass is 657 g/mol. The smallest absolute Gasteiger partial charge is 0.287 e. The summed E-state index contributed by atoms with van der Waals surface area (Å²) in [6, 6.07) is 18.9. The van der Waals surface area contributed by atoms with Crippen molar-refractivity contribution in [2.24, 2.45) is 0 Å². The fraction of sp³-hybridized carbons (Fsp3) is 0.294. The number of benzene rings is 1. The molecule has 0 spiro atoms. The molecule has 4 heterocycles. The molecule has 0 fully saturated rings. The molecule has 0 N–H and O–H groups in total. The number of aromatic nitrogens is 2. The van der Waals surface area contributed by atoms with Crippen molar-refractivity contribution >= 4 is 43.9 Å². The Kier molecular flexibility index (Phi) is 8.38. The summed E-state index contributed by atoms with van der Waals surface area (Å²) in [5, 5.41) is 0.269. The first-order valence-corrected chi connectivity index (χ1v) is 16.2. The van der Waals surface area contributed by atoms with E-state index in [-0.39, 0.29) is 35.9 Å². The Labute approximate surface area is 264 Å². The molecule has 0 saturated heterocycles. The third kappa shape index (κ3) is 5.38. The van der Waals surface area contributed by atoms with Crippen molar-refractivity contribution in [3.63, 3.8) is 0 Å². The lowest BCUT2D eigenvalue weighted by molar-refractivity contribution is -0.254. The highest BCUT2D eigenvalue weighted by Crippen LogP contribution is 2.66. The molecular weight excluding hydrogens is 629 g/mol. The summed E-state index contributed by atoms with van der Waals surface area (Å²) in [6.45, 7) is 4.45. The third-order valence-corrected chi connectivity index (χ3v) is 10.5. The van der Waals surface area contributed by atoms with E-state index in [2.05, 4.69) is 9.97 Å². The quantitative estimate of drug-likeness (QED) is 0.140. The van der Waals surface area contributed by atoms with Crippen molar-refractivity contribution in [1.29, 1.82) is 0 Å². The van der Waals surface area contributed by atoms with Gasteiger partial charge in [-0.1, -0.05) is 44.2 Å². The molecule has 0 aliphatic heterocycles. The van der Waals surface area contributed by atoms with Gasteiger partial charge in [0, 0.05) is 73.5 Å². The molecule has 0 atom stereocenters. The molecule has 0 unspecified atom stereocenters. The number of halogens is 6. The van der Waals surface area contributed by atoms with Crippen LogP contribution >= 0.6 is 22.7 Å². The second kappa shape index (κ2) is 12.0. The van der Waals surface area contributed by atoms with Gasteiger partial charge in [0.2, 0.25) is 0 Å². The fourth-order valence-electron chi connectivity index (χ4n) is 5.90. The largest absolute Gasteiger partial charge is 0.380 e. The minimum absolute atomic E-state index is 0.204. The predicted octanol–water partition coefficient (Wildman–Crippen LogP) is 9.91. The number of nitrogens with zero attached hydrogens (tertiary/aromatic N) is 3. The lowest BCUT2D eigenvalue weighted by Crippen LogP contribution is -2.49. The first-order valence-electron chi connectivity index (χ1n) is 14.5. The zero-order valence-electron chi connectivity index (χ0n) is 24.5. The van der Waals surface area contributed by atoms with Gasteiger partial charge in [-0.05, 0) is 54.8 Å². The van der Waals surface area contributed by atoms with Crippen LogP contribution in [0.1, 0.15) is 51.0 Å². The standard InChI is InChI=1S/C34H29F6N3S2/c1-3-26-25(17-23(44-26)20-43(18-21-11-7-9-15-41-21)19-22-12-8-10-16-42-22)30-31(33(37,38)34(39,40)32(30,35)36)29-24-13-5-6-14-28(24)45-27(29)4-2/h5-17H,3-4,18-20H2,1-2H3. The van der Waals surface area contributed by atoms with E-state index in [9.17, 15) is 0 Å². The van der Waals surface area contributed by atoms with Gasteiger partial charge in [-0.15, -0.1) is 22.7 Å². The Morgan fingerprint density at radius 3 is 1.82 bits per heavy atom. The highest BCUT2D eigenvalue weighted by atomic mass is 32.1. The third-order valence-electron chi connectivity index (χ3n) is 7.96. The minimum atomic E-state index is -5.62. The van der Waals surface area contributed by atoms with Crippen LogP contribution in [-0.2, 0) is 32.5 Å². The summed E-state index contributed by atoms with van der Waals surface area (Å²) in [5.41, 5.74) is -1.48. The van der Waals surface area contributed by atoms with Crippen LogP contribution in [0.5, 0.6) is 0 Å². The van der Waals surface area contributed by atoms with Crippen LogP contribution in [0.25, 0.3) is 21.2 Å². The first-order chi connectivity index (χ1) is 21.5. The van der Waals surface area contributed by atoms with Crippen LogP contribution in [0.15, 0.2) is 79.1 Å². The number of rotatable bonds is 10. The van der Waals surface area contributed by atoms with E-state index in [1.54, 1.807) is 56.6 Å². The molecule has 3 nitrogen and oxygen atoms in total. The molecule has 4 aromatic heterocycles. The Morgan fingerprint density at radius 2 is 1.24 bits per heavy atom. The van der Waals surface area contributed by atoms with Gasteiger partial charge in [0.15, 0.2) is 0 Å². The average Bonchev–Trinajstić information content (AvgIpc) is 3.63. The Balaban J connectivity index is 1.51. The molecule has 11 heteroatoms. The Bertz CT molecular complexity index is 1810. The van der Waals surface area contributed by atoms with Gasteiger partial charge in [-0.25, -0.2) is 0 Å². The van der Waals surface area contributed by atoms with Crippen molar-refractivity contribution in [2.45, 2.75) is 64.1 Å². The van der Waals surface area contributed by atoms with Gasteiger partial charge in [0.1, 0.15) is 0 Å². The van der Waals surface area contributed by atoms with Gasteiger partial charge >= 0.3 is 17.8 Å². The molecule has 1 aromatic carbocycles. The second-order valence-electron chi connectivity index (χ2n) is 10.9. The van der Waals surface area contributed by atoms with E-state index in [1.807, 2.05) is 29.2 Å². The van der Waals surface area contributed by atoms with Gasteiger partial charge in [-0.3, -0.25) is 14.9 Å². The average molecular weight is 658 g/mol. The van der Waals surface area contributed by atoms with Crippen LogP contribution in [-0.4, -0.2) is 32.6 Å². The molecule has 1 aliphatic rings. The second-order valence-corrected chi connectivity index (χ2v) is 13.3. The van der Waals surface area contributed by atoms with E-state index in [0.29, 0.717) is 32.4 Å². The Morgan fingerprint density at radius 1 is 0.667 bits per heavy atom. The molecule has 6 rings (SSSR count). The molecule has 1 aliphatic carbocycles. The number of thiophene rings is 2. The number of hydrogen-bond acceptors (Lipinski definition) is 5. The Hall–Kier alpha value is -3.54. The molecule has 0 bridgehead atoms. The summed E-state index contributed by atoms with van der Waals surface area (Å²) >= 11 is 2.33. The number of aryl methyl sites for hydroxylation is 2. The van der Waals surface area contributed by atoms with E-state index in [1.165, 1.54) is 23.5 Å². The maximum Gasteiger partial charge on any atom is 0.380 e. The number of allylic oxidation sites excluding steroid dienone is 2. The highest BCUT2D eigenvalue weighted by molar-refractivity contribution is 7.19. The van der Waals surface area contributed by atoms with Crippen molar-refractivity contribution in [2.75, 3.05) is 0 Å². The fourth-order valence-corrected chi connectivity index (χ4v) is 8.20. The van der Waals surface area contributed by atoms with Crippen LogP contribution in [0.2, 0.25) is 0 Å². The maximum atomic E-state index is 15.9. The number of pyridine rings is 2. The predicted molar refractivity (Wildman–Crippen MR) is 168 cm³/mol. The van der Waals surface area contributed by atoms with Crippen LogP contribution < -0.4 is 0 Å². The normalized spacial score (nSPS) is 17.1. The van der Waals surface area contributed by atoms with Gasteiger partial charge in [0.25, 0.3) is 0 Å². The molecule has 0 amide bonds. The molecule has 234 valence electrons. The van der Waals surface area contributed by atoms with E-state index < -0.39 is 28.9 Å². The van der Waals surface area contributed by atoms with Crippen LogP contribution in [0, 0.1) is 0 Å². The van der Waals surface area contributed by atoms with Gasteiger partial charge in [0.05, 0.1) is 11.4 Å². The topological polar surface area (TPSA) is 29.0 Å². The number of fused-ring (bicyclic) bond motifs is 1. The van der Waals surface area contributed by atoms with Gasteiger partial charge < -0.3 is 0 Å². The SMILES string of the molecule is CCc1sc(CN(Cc2ccccn2)Cc2ccccn2)cc1C1=C(c2c(CC)sc3ccccc23)C(F)(F)C(F)(F)C1(F)F. The highest BCUT2D eigenvalue weighted by Gasteiger charge is 2.80. The summed E-state index contributed by atoms with van der Waals surface area (Å²) in [7, 11) is 0. The summed E-state index contributed by atoms with van der Waals surface area (Å²) < 4.78 is 94.7. The summed E-state index contributed by atoms with van der Waals surface area (Å²) in [6.07, 6.45) is 3.77. The molecule has 0 radical (unpaired) electrons. The zero-order chi connectivity index (χ0) is 32.0. The molecule has 5 aromatic rings. The van der Waals surface area contributed by atoms with E-state index >= 15 is 26.3 Å². The molecule has 0 saturated carbocycles. The van der Waals surface area contributed by atoms with Crippen molar-refractivity contribution in [1.82, 2.24) is 14.9 Å². The maximum absolute atomic E-state index is 15.9. The molecule has 45 heavy (non-hydrogen) atoms. The summed E-state index contributed by atoms with van der Waals surface area (Å²) in [5.74, 6) is -15.8. The lowest BCUT2D eigenvalue weighted by Gasteiger charge is -2.26. The van der Waals surface area contributed by atoms with E-state index in [4.69, 9.17) is 0 Å². The van der Waals surface area contributed by atoms with Crippen molar-refractivity contribution < 1.29 is 26.3 Å². The van der Waals surface area contributed by atoms with Crippen LogP contribution in [0.3, 0.4) is 0 Å². The van der Waals surface area contributed by atoms with E-state index in [0.717, 1.165) is 22.7 Å². The zero-order valence-corrected chi connectivity index (χ0v) is 26.1. The van der Waals surface area contributed by atoms with Crippen LogP contribution in [0.4, 0.5) is 26.3 Å². The first kappa shape index (κ1) is 31.4. The minimum Gasteiger partial charge on any atom is -0.287 e. The number of alkyl halides is 6. The van der Waals surface area contributed by atoms with Gasteiger partial charge in [-0.2, -0.15) is 26.3 Å². The lowest BCUT2D eigenvalue weighted by atomic mass is 9.92. The van der Waals surface area contributed by atoms with Crippen molar-refractivity contribution in [3.05, 3.63) is 116 Å².